The Hall–Kier alpha value is -0.100. The second-order valence-electron chi connectivity index (χ2n) is 4.07. The zero-order valence-corrected chi connectivity index (χ0v) is 12.6. The number of rotatable bonds is 5. The molecule has 1 heterocycles. The van der Waals surface area contributed by atoms with Crippen LogP contribution in [0.15, 0.2) is 0 Å². The van der Waals surface area contributed by atoms with E-state index in [0.29, 0.717) is 0 Å². The summed E-state index contributed by atoms with van der Waals surface area (Å²) in [6.07, 6.45) is -8.88. The SMILES string of the molecule is O=C(NO[C@@H]1[C@@H](O)[C@H](O)[C@@H](CO)O[C@H]1O)OC(Cl)(Cl)CCl. The van der Waals surface area contributed by atoms with E-state index in [9.17, 15) is 20.1 Å². The van der Waals surface area contributed by atoms with E-state index in [4.69, 9.17) is 44.6 Å². The molecule has 9 nitrogen and oxygen atoms in total. The van der Waals surface area contributed by atoms with Crippen LogP contribution in [0.5, 0.6) is 0 Å². The summed E-state index contributed by atoms with van der Waals surface area (Å²) in [5.74, 6) is -0.418. The Bertz CT molecular complexity index is 360. The minimum Gasteiger partial charge on any atom is -0.410 e. The maximum absolute atomic E-state index is 11.3. The molecule has 0 spiro atoms. The van der Waals surface area contributed by atoms with Gasteiger partial charge in [0.2, 0.25) is 0 Å². The van der Waals surface area contributed by atoms with E-state index in [-0.39, 0.29) is 0 Å². The quantitative estimate of drug-likeness (QED) is 0.301. The van der Waals surface area contributed by atoms with Gasteiger partial charge in [0.25, 0.3) is 4.52 Å². The van der Waals surface area contributed by atoms with Crippen molar-refractivity contribution in [2.75, 3.05) is 12.5 Å². The van der Waals surface area contributed by atoms with Gasteiger partial charge in [-0.15, -0.1) is 11.6 Å². The summed E-state index contributed by atoms with van der Waals surface area (Å²) in [6.45, 7) is -0.631. The lowest BCUT2D eigenvalue weighted by Gasteiger charge is -2.39. The third-order valence-corrected chi connectivity index (χ3v) is 3.59. The highest BCUT2D eigenvalue weighted by atomic mass is 35.5. The molecule has 1 fully saturated rings. The van der Waals surface area contributed by atoms with Crippen LogP contribution in [0.2, 0.25) is 0 Å². The summed E-state index contributed by atoms with van der Waals surface area (Å²) in [4.78, 5) is 16.0. The fourth-order valence-corrected chi connectivity index (χ4v) is 1.69. The molecule has 124 valence electrons. The lowest BCUT2D eigenvalue weighted by Crippen LogP contribution is -2.60. The summed E-state index contributed by atoms with van der Waals surface area (Å²) in [6, 6.07) is 0. The molecule has 1 aliphatic heterocycles. The van der Waals surface area contributed by atoms with E-state index in [0.717, 1.165) is 0 Å². The van der Waals surface area contributed by atoms with Crippen LogP contribution in [0.3, 0.4) is 0 Å². The van der Waals surface area contributed by atoms with Crippen LogP contribution < -0.4 is 5.48 Å². The van der Waals surface area contributed by atoms with Crippen molar-refractivity contribution in [2.24, 2.45) is 0 Å². The molecule has 1 saturated heterocycles. The number of aliphatic hydroxyl groups is 4. The van der Waals surface area contributed by atoms with Crippen molar-refractivity contribution in [1.29, 1.82) is 0 Å². The minimum absolute atomic E-state index is 0.418. The summed E-state index contributed by atoms with van der Waals surface area (Å²) >= 11 is 16.2. The highest BCUT2D eigenvalue weighted by Crippen LogP contribution is 2.25. The van der Waals surface area contributed by atoms with Crippen molar-refractivity contribution in [3.63, 3.8) is 0 Å². The van der Waals surface area contributed by atoms with Crippen LogP contribution in [0.1, 0.15) is 0 Å². The average Bonchev–Trinajstić information content (AvgIpc) is 2.42. The van der Waals surface area contributed by atoms with Crippen LogP contribution in [-0.4, -0.2) is 74.2 Å². The van der Waals surface area contributed by atoms with Crippen LogP contribution in [0.25, 0.3) is 0 Å². The molecule has 0 aromatic heterocycles. The molecular weight excluding hydrogens is 356 g/mol. The Morgan fingerprint density at radius 2 is 1.90 bits per heavy atom. The molecule has 1 aliphatic rings. The molecule has 12 heteroatoms. The van der Waals surface area contributed by atoms with Crippen molar-refractivity contribution in [1.82, 2.24) is 5.48 Å². The first kappa shape index (κ1) is 18.9. The first-order valence-corrected chi connectivity index (χ1v) is 6.90. The normalized spacial score (nSPS) is 33.6. The van der Waals surface area contributed by atoms with Crippen molar-refractivity contribution >= 4 is 40.9 Å². The average molecular weight is 371 g/mol. The van der Waals surface area contributed by atoms with Crippen LogP contribution in [-0.2, 0) is 14.3 Å². The fourth-order valence-electron chi connectivity index (χ4n) is 1.50. The second-order valence-corrected chi connectivity index (χ2v) is 5.76. The molecule has 0 saturated carbocycles. The Balaban J connectivity index is 2.53. The molecular formula is C9H14Cl3NO8. The van der Waals surface area contributed by atoms with Crippen molar-refractivity contribution in [3.8, 4) is 0 Å². The number of amides is 1. The van der Waals surface area contributed by atoms with E-state index in [2.05, 4.69) is 9.57 Å². The standard InChI is InChI=1S/C9H14Cl3NO8/c10-2-9(11,12)20-8(18)13-21-6-5(16)4(15)3(1-14)19-7(6)17/h3-7,14-17H,1-2H2,(H,13,18)/t3-,4-,5+,6-,7-/m1/s1. The van der Waals surface area contributed by atoms with Crippen molar-refractivity contribution in [2.45, 2.75) is 35.2 Å². The Labute approximate surface area is 134 Å². The van der Waals surface area contributed by atoms with Gasteiger partial charge >= 0.3 is 6.09 Å². The van der Waals surface area contributed by atoms with Crippen molar-refractivity contribution < 1.29 is 39.5 Å². The third kappa shape index (κ3) is 5.23. The van der Waals surface area contributed by atoms with Gasteiger partial charge in [0, 0.05) is 0 Å². The summed E-state index contributed by atoms with van der Waals surface area (Å²) in [7, 11) is 0. The number of carbonyl (C=O) groups is 1. The van der Waals surface area contributed by atoms with Gasteiger partial charge in [-0.25, -0.2) is 4.79 Å². The molecule has 0 bridgehead atoms. The van der Waals surface area contributed by atoms with Gasteiger partial charge in [0.15, 0.2) is 12.4 Å². The van der Waals surface area contributed by atoms with Gasteiger partial charge in [0.05, 0.1) is 12.5 Å². The number of alkyl halides is 3. The molecule has 21 heavy (non-hydrogen) atoms. The minimum atomic E-state index is -1.99. The molecule has 1 rings (SSSR count). The summed E-state index contributed by atoms with van der Waals surface area (Å²) < 4.78 is 7.24. The highest BCUT2D eigenvalue weighted by Gasteiger charge is 2.45. The summed E-state index contributed by atoms with van der Waals surface area (Å²) in [5, 5.41) is 37.7. The van der Waals surface area contributed by atoms with Crippen LogP contribution in [0, 0.1) is 0 Å². The summed E-state index contributed by atoms with van der Waals surface area (Å²) in [5.41, 5.74) is 1.69. The molecule has 0 aliphatic carbocycles. The zero-order valence-electron chi connectivity index (χ0n) is 10.4. The molecule has 0 unspecified atom stereocenters. The van der Waals surface area contributed by atoms with E-state index >= 15 is 0 Å². The van der Waals surface area contributed by atoms with E-state index in [1.165, 1.54) is 0 Å². The van der Waals surface area contributed by atoms with Crippen LogP contribution in [0.4, 0.5) is 4.79 Å². The van der Waals surface area contributed by atoms with Gasteiger partial charge < -0.3 is 29.9 Å². The number of nitrogens with one attached hydrogen (secondary N) is 1. The highest BCUT2D eigenvalue weighted by molar-refractivity contribution is 6.50. The number of carbonyl (C=O) groups excluding carboxylic acids is 1. The number of aliphatic hydroxyl groups excluding tert-OH is 4. The Morgan fingerprint density at radius 1 is 1.29 bits per heavy atom. The lowest BCUT2D eigenvalue weighted by molar-refractivity contribution is -0.304. The van der Waals surface area contributed by atoms with E-state index in [1.807, 2.05) is 0 Å². The predicted molar refractivity (Wildman–Crippen MR) is 69.6 cm³/mol. The maximum atomic E-state index is 11.3. The molecule has 0 aromatic carbocycles. The second kappa shape index (κ2) is 7.95. The number of hydrogen-bond acceptors (Lipinski definition) is 8. The maximum Gasteiger partial charge on any atom is 0.434 e. The monoisotopic (exact) mass is 369 g/mol. The van der Waals surface area contributed by atoms with Gasteiger partial charge in [0.1, 0.15) is 18.3 Å². The predicted octanol–water partition coefficient (Wildman–Crippen LogP) is -1.19. The molecule has 5 N–H and O–H groups in total. The van der Waals surface area contributed by atoms with Gasteiger partial charge in [-0.3, -0.25) is 4.84 Å². The van der Waals surface area contributed by atoms with E-state index < -0.39 is 53.8 Å². The fraction of sp³-hybridized carbons (Fsp3) is 0.889. The Morgan fingerprint density at radius 3 is 2.43 bits per heavy atom. The molecule has 0 aromatic rings. The number of halogens is 3. The first-order valence-electron chi connectivity index (χ1n) is 5.60. The van der Waals surface area contributed by atoms with Gasteiger partial charge in [-0.05, 0) is 0 Å². The third-order valence-electron chi connectivity index (χ3n) is 2.52. The molecule has 0 radical (unpaired) electrons. The molecule has 1 amide bonds. The van der Waals surface area contributed by atoms with E-state index in [1.54, 1.807) is 5.48 Å². The number of hydroxylamine groups is 1. The first-order chi connectivity index (χ1) is 9.71. The zero-order chi connectivity index (χ0) is 16.2. The lowest BCUT2D eigenvalue weighted by atomic mass is 9.99. The van der Waals surface area contributed by atoms with Crippen molar-refractivity contribution in [3.05, 3.63) is 0 Å². The van der Waals surface area contributed by atoms with Crippen LogP contribution >= 0.6 is 34.8 Å². The smallest absolute Gasteiger partial charge is 0.410 e. The number of hydrogen-bond donors (Lipinski definition) is 5. The Kier molecular flexibility index (Phi) is 7.17. The topological polar surface area (TPSA) is 138 Å². The van der Waals surface area contributed by atoms with Gasteiger partial charge in [-0.1, -0.05) is 23.2 Å². The molecule has 5 atom stereocenters. The van der Waals surface area contributed by atoms with Gasteiger partial charge in [-0.2, -0.15) is 5.48 Å². The largest absolute Gasteiger partial charge is 0.434 e. The number of ether oxygens (including phenoxy) is 2.